The molecule has 116 valence electrons. The predicted octanol–water partition coefficient (Wildman–Crippen LogP) is 2.06. The molecule has 5 nitrogen and oxygen atoms in total. The van der Waals surface area contributed by atoms with Crippen molar-refractivity contribution in [2.24, 2.45) is 4.99 Å². The first kappa shape index (κ1) is 14.4. The molecule has 0 spiro atoms. The molecule has 3 atom stereocenters. The van der Waals surface area contributed by atoms with E-state index in [0.29, 0.717) is 10.7 Å². The number of amides is 1. The molecular formula is C17H16N4OS. The zero-order valence-corrected chi connectivity index (χ0v) is 13.1. The zero-order chi connectivity index (χ0) is 15.6. The lowest BCUT2D eigenvalue weighted by atomic mass is 10.0. The lowest BCUT2D eigenvalue weighted by molar-refractivity contribution is 0.0978. The van der Waals surface area contributed by atoms with Gasteiger partial charge in [-0.1, -0.05) is 60.3 Å². The van der Waals surface area contributed by atoms with E-state index in [1.165, 1.54) is 5.56 Å². The van der Waals surface area contributed by atoms with Crippen molar-refractivity contribution in [3.05, 3.63) is 71.8 Å². The topological polar surface area (TPSA) is 65.5 Å². The molecule has 1 amide bonds. The van der Waals surface area contributed by atoms with E-state index in [9.17, 15) is 4.79 Å². The largest absolute Gasteiger partial charge is 0.301 e. The van der Waals surface area contributed by atoms with Crippen LogP contribution in [0, 0.1) is 0 Å². The number of nitrogens with one attached hydrogen (secondary N) is 3. The Bertz CT molecular complexity index is 735. The monoisotopic (exact) mass is 324 g/mol. The second-order valence-corrected chi connectivity index (χ2v) is 6.63. The maximum absolute atomic E-state index is 12.2. The van der Waals surface area contributed by atoms with Crippen LogP contribution in [0.1, 0.15) is 22.0 Å². The third-order valence-corrected chi connectivity index (χ3v) is 5.18. The molecule has 0 saturated carbocycles. The van der Waals surface area contributed by atoms with Gasteiger partial charge in [-0.3, -0.25) is 4.79 Å². The van der Waals surface area contributed by atoms with Crippen LogP contribution in [0.3, 0.4) is 0 Å². The molecule has 1 fully saturated rings. The zero-order valence-electron chi connectivity index (χ0n) is 12.3. The van der Waals surface area contributed by atoms with Gasteiger partial charge >= 0.3 is 0 Å². The van der Waals surface area contributed by atoms with Gasteiger partial charge in [-0.2, -0.15) is 0 Å². The molecular weight excluding hydrogens is 308 g/mol. The SMILES string of the molecule is O=C(NC1=NC2NNC(c3ccccc3)C2S1)c1ccccc1. The standard InChI is InChI=1S/C17H16N4OS/c22-16(12-9-5-2-6-10-12)19-17-18-15-14(23-17)13(20-21-15)11-7-3-1-4-8-11/h1-10,13-15,20-21H,(H,18,19,22). The number of carbonyl (C=O) groups excluding carboxylic acids is 1. The summed E-state index contributed by atoms with van der Waals surface area (Å²) in [6, 6.07) is 19.6. The number of rotatable bonds is 2. The summed E-state index contributed by atoms with van der Waals surface area (Å²) in [4.78, 5) is 16.8. The average Bonchev–Trinajstić information content (AvgIpc) is 3.16. The van der Waals surface area contributed by atoms with Crippen LogP contribution in [0.2, 0.25) is 0 Å². The molecule has 0 aromatic heterocycles. The highest BCUT2D eigenvalue weighted by molar-refractivity contribution is 8.14. The smallest absolute Gasteiger partial charge is 0.257 e. The second kappa shape index (κ2) is 6.16. The number of fused-ring (bicyclic) bond motifs is 1. The molecule has 2 aliphatic heterocycles. The lowest BCUT2D eigenvalue weighted by Gasteiger charge is -2.16. The van der Waals surface area contributed by atoms with Crippen molar-refractivity contribution in [3.8, 4) is 0 Å². The molecule has 0 aliphatic carbocycles. The van der Waals surface area contributed by atoms with Crippen LogP contribution in [0.15, 0.2) is 65.7 Å². The van der Waals surface area contributed by atoms with Gasteiger partial charge in [0.25, 0.3) is 5.91 Å². The van der Waals surface area contributed by atoms with Gasteiger partial charge in [-0.25, -0.2) is 15.8 Å². The van der Waals surface area contributed by atoms with Crippen molar-refractivity contribution in [3.63, 3.8) is 0 Å². The third kappa shape index (κ3) is 2.88. The van der Waals surface area contributed by atoms with Crippen molar-refractivity contribution in [1.82, 2.24) is 16.2 Å². The van der Waals surface area contributed by atoms with E-state index < -0.39 is 0 Å². The second-order valence-electron chi connectivity index (χ2n) is 5.46. The number of hydrazine groups is 1. The van der Waals surface area contributed by atoms with Crippen LogP contribution in [-0.4, -0.2) is 22.5 Å². The Morgan fingerprint density at radius 1 is 1.00 bits per heavy atom. The summed E-state index contributed by atoms with van der Waals surface area (Å²) in [6.45, 7) is 0. The number of nitrogens with zero attached hydrogens (tertiary/aromatic N) is 1. The summed E-state index contributed by atoms with van der Waals surface area (Å²) in [5.41, 5.74) is 8.34. The number of thioether (sulfide) groups is 1. The van der Waals surface area contributed by atoms with Crippen LogP contribution in [0.25, 0.3) is 0 Å². The van der Waals surface area contributed by atoms with Crippen LogP contribution in [0.5, 0.6) is 0 Å². The van der Waals surface area contributed by atoms with Crippen LogP contribution >= 0.6 is 11.8 Å². The summed E-state index contributed by atoms with van der Waals surface area (Å²) >= 11 is 1.60. The number of carbonyl (C=O) groups is 1. The first-order valence-electron chi connectivity index (χ1n) is 7.48. The third-order valence-electron chi connectivity index (χ3n) is 3.95. The maximum Gasteiger partial charge on any atom is 0.257 e. The number of hydrogen-bond acceptors (Lipinski definition) is 5. The highest BCUT2D eigenvalue weighted by Gasteiger charge is 2.42. The summed E-state index contributed by atoms with van der Waals surface area (Å²) in [7, 11) is 0. The van der Waals surface area contributed by atoms with E-state index in [0.717, 1.165) is 0 Å². The van der Waals surface area contributed by atoms with E-state index in [1.54, 1.807) is 23.9 Å². The van der Waals surface area contributed by atoms with E-state index in [2.05, 4.69) is 33.3 Å². The van der Waals surface area contributed by atoms with Gasteiger partial charge in [-0.05, 0) is 17.7 Å². The molecule has 0 radical (unpaired) electrons. The Morgan fingerprint density at radius 3 is 2.43 bits per heavy atom. The van der Waals surface area contributed by atoms with Crippen LogP contribution in [0.4, 0.5) is 0 Å². The number of amidine groups is 1. The molecule has 4 rings (SSSR count). The lowest BCUT2D eigenvalue weighted by Crippen LogP contribution is -2.32. The van der Waals surface area contributed by atoms with Crippen molar-refractivity contribution in [2.75, 3.05) is 0 Å². The Labute approximate surface area is 138 Å². The molecule has 0 bridgehead atoms. The summed E-state index contributed by atoms with van der Waals surface area (Å²) in [6.07, 6.45) is -0.0312. The molecule has 2 heterocycles. The highest BCUT2D eigenvalue weighted by atomic mass is 32.2. The Hall–Kier alpha value is -2.15. The fraction of sp³-hybridized carbons (Fsp3) is 0.176. The Kier molecular flexibility index (Phi) is 3.87. The first-order chi connectivity index (χ1) is 11.3. The number of hydrogen-bond donors (Lipinski definition) is 3. The molecule has 6 heteroatoms. The minimum absolute atomic E-state index is 0.0312. The molecule has 3 N–H and O–H groups in total. The van der Waals surface area contributed by atoms with Crippen molar-refractivity contribution in [2.45, 2.75) is 17.5 Å². The van der Waals surface area contributed by atoms with E-state index >= 15 is 0 Å². The van der Waals surface area contributed by atoms with E-state index in [1.807, 2.05) is 36.4 Å². The molecule has 2 aromatic rings. The van der Waals surface area contributed by atoms with Gasteiger partial charge in [0.15, 0.2) is 5.17 Å². The predicted molar refractivity (Wildman–Crippen MR) is 92.0 cm³/mol. The van der Waals surface area contributed by atoms with Crippen molar-refractivity contribution < 1.29 is 4.79 Å². The van der Waals surface area contributed by atoms with Gasteiger partial charge in [0.2, 0.25) is 0 Å². The molecule has 1 saturated heterocycles. The highest BCUT2D eigenvalue weighted by Crippen LogP contribution is 2.37. The minimum Gasteiger partial charge on any atom is -0.301 e. The van der Waals surface area contributed by atoms with E-state index in [-0.39, 0.29) is 23.4 Å². The van der Waals surface area contributed by atoms with Gasteiger partial charge in [0, 0.05) is 5.56 Å². The molecule has 2 aromatic carbocycles. The number of benzene rings is 2. The fourth-order valence-corrected chi connectivity index (χ4v) is 4.00. The molecule has 23 heavy (non-hydrogen) atoms. The normalized spacial score (nSPS) is 25.7. The maximum atomic E-state index is 12.2. The molecule has 2 aliphatic rings. The van der Waals surface area contributed by atoms with Crippen molar-refractivity contribution in [1.29, 1.82) is 0 Å². The Balaban J connectivity index is 1.45. The minimum atomic E-state index is -0.124. The van der Waals surface area contributed by atoms with Gasteiger partial charge < -0.3 is 5.32 Å². The van der Waals surface area contributed by atoms with Crippen molar-refractivity contribution >= 4 is 22.8 Å². The average molecular weight is 324 g/mol. The van der Waals surface area contributed by atoms with Gasteiger partial charge in [-0.15, -0.1) is 0 Å². The van der Waals surface area contributed by atoms with Gasteiger partial charge in [0.05, 0.1) is 11.3 Å². The fourth-order valence-electron chi connectivity index (χ4n) is 2.80. The Morgan fingerprint density at radius 2 is 1.70 bits per heavy atom. The van der Waals surface area contributed by atoms with Crippen LogP contribution < -0.4 is 16.2 Å². The number of aliphatic imine (C=N–C) groups is 1. The summed E-state index contributed by atoms with van der Waals surface area (Å²) < 4.78 is 0. The summed E-state index contributed by atoms with van der Waals surface area (Å²) in [5.74, 6) is -0.124. The van der Waals surface area contributed by atoms with Crippen LogP contribution in [-0.2, 0) is 0 Å². The first-order valence-corrected chi connectivity index (χ1v) is 8.36. The van der Waals surface area contributed by atoms with E-state index in [4.69, 9.17) is 0 Å². The van der Waals surface area contributed by atoms with Gasteiger partial charge in [0.1, 0.15) is 6.17 Å². The molecule has 3 unspecified atom stereocenters. The summed E-state index contributed by atoms with van der Waals surface area (Å²) in [5, 5.41) is 3.80. The quantitative estimate of drug-likeness (QED) is 0.791.